The number of rotatable bonds is 5. The van der Waals surface area contributed by atoms with Gasteiger partial charge in [-0.3, -0.25) is 9.69 Å². The van der Waals surface area contributed by atoms with E-state index in [2.05, 4.69) is 34.5 Å². The Labute approximate surface area is 121 Å². The van der Waals surface area contributed by atoms with Crippen molar-refractivity contribution in [3.05, 3.63) is 35.9 Å². The SMILES string of the molecule is CC[C@@H](N)C(=O)NC1CCN(Cc2ccccc2)CC1. The maximum atomic E-state index is 11.8. The Morgan fingerprint density at radius 3 is 2.60 bits per heavy atom. The molecule has 1 atom stereocenters. The molecule has 1 fully saturated rings. The molecule has 110 valence electrons. The van der Waals surface area contributed by atoms with Gasteiger partial charge in [-0.1, -0.05) is 37.3 Å². The van der Waals surface area contributed by atoms with Gasteiger partial charge < -0.3 is 11.1 Å². The lowest BCUT2D eigenvalue weighted by atomic mass is 10.0. The van der Waals surface area contributed by atoms with Gasteiger partial charge in [0.05, 0.1) is 6.04 Å². The summed E-state index contributed by atoms with van der Waals surface area (Å²) in [6.45, 7) is 4.99. The fourth-order valence-corrected chi connectivity index (χ4v) is 2.57. The molecule has 3 N–H and O–H groups in total. The minimum Gasteiger partial charge on any atom is -0.352 e. The number of hydrogen-bond acceptors (Lipinski definition) is 3. The first-order chi connectivity index (χ1) is 9.69. The smallest absolute Gasteiger partial charge is 0.237 e. The fourth-order valence-electron chi connectivity index (χ4n) is 2.57. The normalized spacial score (nSPS) is 18.7. The first-order valence-corrected chi connectivity index (χ1v) is 7.51. The molecular formula is C16H25N3O. The molecule has 1 aliphatic heterocycles. The number of carbonyl (C=O) groups excluding carboxylic acids is 1. The number of amides is 1. The maximum Gasteiger partial charge on any atom is 0.237 e. The third-order valence-electron chi connectivity index (χ3n) is 3.96. The molecule has 0 aromatic heterocycles. The highest BCUT2D eigenvalue weighted by Crippen LogP contribution is 2.14. The Morgan fingerprint density at radius 2 is 2.00 bits per heavy atom. The first-order valence-electron chi connectivity index (χ1n) is 7.51. The average Bonchev–Trinajstić information content (AvgIpc) is 2.49. The van der Waals surface area contributed by atoms with E-state index in [0.29, 0.717) is 6.42 Å². The maximum absolute atomic E-state index is 11.8. The van der Waals surface area contributed by atoms with Gasteiger partial charge in [0, 0.05) is 25.7 Å². The van der Waals surface area contributed by atoms with Gasteiger partial charge in [0.25, 0.3) is 0 Å². The van der Waals surface area contributed by atoms with E-state index in [1.54, 1.807) is 0 Å². The van der Waals surface area contributed by atoms with Crippen LogP contribution in [0.15, 0.2) is 30.3 Å². The highest BCUT2D eigenvalue weighted by Gasteiger charge is 2.22. The molecule has 0 spiro atoms. The van der Waals surface area contributed by atoms with Crippen molar-refractivity contribution < 1.29 is 4.79 Å². The van der Waals surface area contributed by atoms with Crippen LogP contribution < -0.4 is 11.1 Å². The summed E-state index contributed by atoms with van der Waals surface area (Å²) in [4.78, 5) is 14.2. The number of likely N-dealkylation sites (tertiary alicyclic amines) is 1. The van der Waals surface area contributed by atoms with Gasteiger partial charge in [-0.2, -0.15) is 0 Å². The summed E-state index contributed by atoms with van der Waals surface area (Å²) in [7, 11) is 0. The van der Waals surface area contributed by atoms with E-state index in [1.165, 1.54) is 5.56 Å². The van der Waals surface area contributed by atoms with E-state index < -0.39 is 0 Å². The molecule has 4 heteroatoms. The predicted molar refractivity (Wildman–Crippen MR) is 81.2 cm³/mol. The minimum absolute atomic E-state index is 0.00555. The number of benzene rings is 1. The van der Waals surface area contributed by atoms with E-state index in [1.807, 2.05) is 13.0 Å². The second-order valence-corrected chi connectivity index (χ2v) is 5.56. The molecule has 1 saturated heterocycles. The topological polar surface area (TPSA) is 58.4 Å². The van der Waals surface area contributed by atoms with Crippen LogP contribution in [-0.2, 0) is 11.3 Å². The van der Waals surface area contributed by atoms with Crippen molar-refractivity contribution >= 4 is 5.91 Å². The molecule has 0 unspecified atom stereocenters. The third kappa shape index (κ3) is 4.32. The van der Waals surface area contributed by atoms with Crippen molar-refractivity contribution in [1.29, 1.82) is 0 Å². The summed E-state index contributed by atoms with van der Waals surface area (Å²) in [5, 5.41) is 3.06. The molecule has 2 rings (SSSR count). The Morgan fingerprint density at radius 1 is 1.35 bits per heavy atom. The molecule has 1 aliphatic rings. The molecule has 1 aromatic carbocycles. The Hall–Kier alpha value is -1.39. The van der Waals surface area contributed by atoms with Crippen molar-refractivity contribution in [1.82, 2.24) is 10.2 Å². The molecule has 0 saturated carbocycles. The molecule has 1 heterocycles. The number of hydrogen-bond donors (Lipinski definition) is 2. The molecular weight excluding hydrogens is 250 g/mol. The van der Waals surface area contributed by atoms with Crippen LogP contribution >= 0.6 is 0 Å². The summed E-state index contributed by atoms with van der Waals surface area (Å²) in [5.74, 6) is -0.00555. The van der Waals surface area contributed by atoms with Crippen LogP contribution in [0.25, 0.3) is 0 Å². The zero-order valence-electron chi connectivity index (χ0n) is 12.2. The first kappa shape index (κ1) is 15.0. The quantitative estimate of drug-likeness (QED) is 0.856. The number of piperidine rings is 1. The van der Waals surface area contributed by atoms with Crippen LogP contribution in [0.5, 0.6) is 0 Å². The lowest BCUT2D eigenvalue weighted by Gasteiger charge is -2.32. The fraction of sp³-hybridized carbons (Fsp3) is 0.562. The molecule has 0 aliphatic carbocycles. The molecule has 0 radical (unpaired) electrons. The number of nitrogens with zero attached hydrogens (tertiary/aromatic N) is 1. The lowest BCUT2D eigenvalue weighted by Crippen LogP contribution is -2.49. The number of nitrogens with two attached hydrogens (primary N) is 1. The summed E-state index contributed by atoms with van der Waals surface area (Å²) in [5.41, 5.74) is 7.09. The average molecular weight is 275 g/mol. The molecule has 4 nitrogen and oxygen atoms in total. The zero-order valence-corrected chi connectivity index (χ0v) is 12.2. The van der Waals surface area contributed by atoms with Crippen molar-refractivity contribution in [2.24, 2.45) is 5.73 Å². The van der Waals surface area contributed by atoms with Crippen LogP contribution in [0.1, 0.15) is 31.7 Å². The predicted octanol–water partition coefficient (Wildman–Crippen LogP) is 1.50. The van der Waals surface area contributed by atoms with Crippen LogP contribution in [0, 0.1) is 0 Å². The summed E-state index contributed by atoms with van der Waals surface area (Å²) in [6, 6.07) is 10.4. The van der Waals surface area contributed by atoms with Gasteiger partial charge in [0.1, 0.15) is 0 Å². The molecule has 1 aromatic rings. The highest BCUT2D eigenvalue weighted by molar-refractivity contribution is 5.81. The van der Waals surface area contributed by atoms with E-state index in [9.17, 15) is 4.79 Å². The van der Waals surface area contributed by atoms with Crippen LogP contribution in [0.2, 0.25) is 0 Å². The highest BCUT2D eigenvalue weighted by atomic mass is 16.2. The number of nitrogens with one attached hydrogen (secondary N) is 1. The van der Waals surface area contributed by atoms with E-state index in [0.717, 1.165) is 32.5 Å². The van der Waals surface area contributed by atoms with Gasteiger partial charge in [-0.05, 0) is 24.8 Å². The Bertz CT molecular complexity index is 413. The molecule has 20 heavy (non-hydrogen) atoms. The van der Waals surface area contributed by atoms with E-state index in [-0.39, 0.29) is 18.0 Å². The summed E-state index contributed by atoms with van der Waals surface area (Å²) in [6.07, 6.45) is 2.71. The second kappa shape index (κ2) is 7.41. The Balaban J connectivity index is 1.74. The van der Waals surface area contributed by atoms with Gasteiger partial charge in [0.15, 0.2) is 0 Å². The second-order valence-electron chi connectivity index (χ2n) is 5.56. The van der Waals surface area contributed by atoms with E-state index in [4.69, 9.17) is 5.73 Å². The minimum atomic E-state index is -0.364. The van der Waals surface area contributed by atoms with Crippen molar-refractivity contribution in [3.63, 3.8) is 0 Å². The van der Waals surface area contributed by atoms with Crippen LogP contribution in [-0.4, -0.2) is 36.0 Å². The Kier molecular flexibility index (Phi) is 5.56. The third-order valence-corrected chi connectivity index (χ3v) is 3.96. The zero-order chi connectivity index (χ0) is 14.4. The number of carbonyl (C=O) groups is 1. The monoisotopic (exact) mass is 275 g/mol. The van der Waals surface area contributed by atoms with Crippen LogP contribution in [0.4, 0.5) is 0 Å². The standard InChI is InChI=1S/C16H25N3O/c1-2-15(17)16(20)18-14-8-10-19(11-9-14)12-13-6-4-3-5-7-13/h3-7,14-15H,2,8-12,17H2,1H3,(H,18,20)/t15-/m1/s1. The van der Waals surface area contributed by atoms with Crippen molar-refractivity contribution in [2.75, 3.05) is 13.1 Å². The largest absolute Gasteiger partial charge is 0.352 e. The summed E-state index contributed by atoms with van der Waals surface area (Å²) >= 11 is 0. The lowest BCUT2D eigenvalue weighted by molar-refractivity contribution is -0.123. The van der Waals surface area contributed by atoms with Gasteiger partial charge >= 0.3 is 0 Å². The van der Waals surface area contributed by atoms with Gasteiger partial charge in [0.2, 0.25) is 5.91 Å². The van der Waals surface area contributed by atoms with Gasteiger partial charge in [-0.15, -0.1) is 0 Å². The van der Waals surface area contributed by atoms with E-state index >= 15 is 0 Å². The van der Waals surface area contributed by atoms with Gasteiger partial charge in [-0.25, -0.2) is 0 Å². The molecule has 0 bridgehead atoms. The van der Waals surface area contributed by atoms with Crippen molar-refractivity contribution in [3.8, 4) is 0 Å². The summed E-state index contributed by atoms with van der Waals surface area (Å²) < 4.78 is 0. The molecule has 1 amide bonds. The van der Waals surface area contributed by atoms with Crippen LogP contribution in [0.3, 0.4) is 0 Å². The van der Waals surface area contributed by atoms with Crippen molar-refractivity contribution in [2.45, 2.75) is 44.8 Å².